The number of benzene rings is 1. The standard InChI is InChI=1S/C16H21FN2O2/c1-10(2)5-13(20)9-19-16(21)6-11-8-18-15-4-3-12(17)7-14(11)15/h3-4,7-8,10,13,18,20H,5-6,9H2,1-2H3,(H,19,21). The van der Waals surface area contributed by atoms with E-state index in [0.717, 1.165) is 11.1 Å². The normalized spacial score (nSPS) is 12.8. The molecule has 0 aliphatic carbocycles. The summed E-state index contributed by atoms with van der Waals surface area (Å²) in [5.41, 5.74) is 1.55. The maximum absolute atomic E-state index is 13.3. The summed E-state index contributed by atoms with van der Waals surface area (Å²) in [6.07, 6.45) is 2.00. The maximum atomic E-state index is 13.3. The monoisotopic (exact) mass is 292 g/mol. The lowest BCUT2D eigenvalue weighted by Crippen LogP contribution is -2.33. The van der Waals surface area contributed by atoms with Gasteiger partial charge in [0.25, 0.3) is 0 Å². The second-order valence-corrected chi connectivity index (χ2v) is 5.77. The molecule has 21 heavy (non-hydrogen) atoms. The van der Waals surface area contributed by atoms with Crippen molar-refractivity contribution < 1.29 is 14.3 Å². The van der Waals surface area contributed by atoms with Crippen LogP contribution < -0.4 is 5.32 Å². The van der Waals surface area contributed by atoms with E-state index < -0.39 is 6.10 Å². The molecule has 114 valence electrons. The SMILES string of the molecule is CC(C)CC(O)CNC(=O)Cc1c[nH]c2ccc(F)cc12. The molecule has 0 bridgehead atoms. The molecule has 1 heterocycles. The topological polar surface area (TPSA) is 65.1 Å². The molecule has 3 N–H and O–H groups in total. The van der Waals surface area contributed by atoms with E-state index in [9.17, 15) is 14.3 Å². The number of aliphatic hydroxyl groups is 1. The third kappa shape index (κ3) is 4.29. The Hall–Kier alpha value is -1.88. The molecular formula is C16H21FN2O2. The van der Waals surface area contributed by atoms with Crippen LogP contribution in [0.4, 0.5) is 4.39 Å². The number of carbonyl (C=O) groups is 1. The van der Waals surface area contributed by atoms with Gasteiger partial charge in [0.1, 0.15) is 5.82 Å². The molecule has 1 aromatic heterocycles. The summed E-state index contributed by atoms with van der Waals surface area (Å²) < 4.78 is 13.3. The van der Waals surface area contributed by atoms with Gasteiger partial charge in [0.05, 0.1) is 12.5 Å². The summed E-state index contributed by atoms with van der Waals surface area (Å²) in [6, 6.07) is 4.45. The van der Waals surface area contributed by atoms with E-state index >= 15 is 0 Å². The molecule has 1 aromatic carbocycles. The number of hydrogen-bond donors (Lipinski definition) is 3. The van der Waals surface area contributed by atoms with Gasteiger partial charge in [-0.25, -0.2) is 4.39 Å². The Bertz CT molecular complexity index is 622. The number of aliphatic hydroxyl groups excluding tert-OH is 1. The predicted molar refractivity (Wildman–Crippen MR) is 80.4 cm³/mol. The number of amides is 1. The van der Waals surface area contributed by atoms with Crippen LogP contribution in [0.2, 0.25) is 0 Å². The molecule has 1 unspecified atom stereocenters. The lowest BCUT2D eigenvalue weighted by molar-refractivity contribution is -0.120. The Morgan fingerprint density at radius 2 is 2.19 bits per heavy atom. The van der Waals surface area contributed by atoms with Crippen molar-refractivity contribution in [3.8, 4) is 0 Å². The Balaban J connectivity index is 1.94. The second-order valence-electron chi connectivity index (χ2n) is 5.77. The molecule has 2 aromatic rings. The van der Waals surface area contributed by atoms with E-state index in [0.29, 0.717) is 17.7 Å². The van der Waals surface area contributed by atoms with Crippen LogP contribution >= 0.6 is 0 Å². The molecule has 4 nitrogen and oxygen atoms in total. The van der Waals surface area contributed by atoms with Crippen LogP contribution in [-0.2, 0) is 11.2 Å². The molecule has 0 saturated carbocycles. The number of aromatic nitrogens is 1. The van der Waals surface area contributed by atoms with Crippen molar-refractivity contribution in [3.05, 3.63) is 35.8 Å². The number of H-pyrrole nitrogens is 1. The quantitative estimate of drug-likeness (QED) is 0.765. The molecule has 0 aliphatic rings. The van der Waals surface area contributed by atoms with Crippen molar-refractivity contribution in [3.63, 3.8) is 0 Å². The van der Waals surface area contributed by atoms with E-state index in [1.54, 1.807) is 12.3 Å². The summed E-state index contributed by atoms with van der Waals surface area (Å²) >= 11 is 0. The van der Waals surface area contributed by atoms with Crippen molar-refractivity contribution in [2.24, 2.45) is 5.92 Å². The molecule has 1 atom stereocenters. The van der Waals surface area contributed by atoms with Crippen molar-refractivity contribution in [2.75, 3.05) is 6.54 Å². The Labute approximate surface area is 123 Å². The number of carbonyl (C=O) groups excluding carboxylic acids is 1. The minimum atomic E-state index is -0.533. The Morgan fingerprint density at radius 3 is 2.90 bits per heavy atom. The fourth-order valence-electron chi connectivity index (χ4n) is 2.39. The first-order valence-corrected chi connectivity index (χ1v) is 7.16. The smallest absolute Gasteiger partial charge is 0.224 e. The van der Waals surface area contributed by atoms with Gasteiger partial charge in [0, 0.05) is 23.6 Å². The van der Waals surface area contributed by atoms with Crippen LogP contribution in [0.25, 0.3) is 10.9 Å². The minimum Gasteiger partial charge on any atom is -0.391 e. The van der Waals surface area contributed by atoms with Gasteiger partial charge < -0.3 is 15.4 Å². The zero-order valence-electron chi connectivity index (χ0n) is 12.3. The van der Waals surface area contributed by atoms with Crippen LogP contribution in [0.5, 0.6) is 0 Å². The third-order valence-corrected chi connectivity index (χ3v) is 3.36. The molecule has 0 radical (unpaired) electrons. The van der Waals surface area contributed by atoms with Crippen LogP contribution in [0.3, 0.4) is 0 Å². The fraction of sp³-hybridized carbons (Fsp3) is 0.438. The number of rotatable bonds is 6. The van der Waals surface area contributed by atoms with Gasteiger partial charge in [-0.2, -0.15) is 0 Å². The zero-order valence-corrected chi connectivity index (χ0v) is 12.3. The third-order valence-electron chi connectivity index (χ3n) is 3.36. The van der Waals surface area contributed by atoms with E-state index in [1.165, 1.54) is 12.1 Å². The number of halogens is 1. The zero-order chi connectivity index (χ0) is 15.4. The average Bonchev–Trinajstić information content (AvgIpc) is 2.78. The molecule has 0 fully saturated rings. The molecule has 1 amide bonds. The molecule has 2 rings (SSSR count). The largest absolute Gasteiger partial charge is 0.391 e. The van der Waals surface area contributed by atoms with Gasteiger partial charge >= 0.3 is 0 Å². The highest BCUT2D eigenvalue weighted by Crippen LogP contribution is 2.19. The lowest BCUT2D eigenvalue weighted by Gasteiger charge is -2.13. The van der Waals surface area contributed by atoms with Gasteiger partial charge in [-0.05, 0) is 36.1 Å². The average molecular weight is 292 g/mol. The highest BCUT2D eigenvalue weighted by molar-refractivity contribution is 5.88. The number of aromatic amines is 1. The number of hydrogen-bond acceptors (Lipinski definition) is 2. The van der Waals surface area contributed by atoms with E-state index in [-0.39, 0.29) is 24.7 Å². The van der Waals surface area contributed by atoms with E-state index in [2.05, 4.69) is 10.3 Å². The van der Waals surface area contributed by atoms with Gasteiger partial charge in [0.2, 0.25) is 5.91 Å². The summed E-state index contributed by atoms with van der Waals surface area (Å²) in [5, 5.41) is 13.2. The highest BCUT2D eigenvalue weighted by atomic mass is 19.1. The Morgan fingerprint density at radius 1 is 1.43 bits per heavy atom. The molecule has 0 saturated heterocycles. The van der Waals surface area contributed by atoms with Crippen molar-refractivity contribution in [1.29, 1.82) is 0 Å². The minimum absolute atomic E-state index is 0.165. The van der Waals surface area contributed by atoms with Crippen molar-refractivity contribution in [1.82, 2.24) is 10.3 Å². The van der Waals surface area contributed by atoms with Crippen molar-refractivity contribution >= 4 is 16.8 Å². The highest BCUT2D eigenvalue weighted by Gasteiger charge is 2.12. The summed E-state index contributed by atoms with van der Waals surface area (Å²) in [5.74, 6) is -0.118. The number of nitrogens with one attached hydrogen (secondary N) is 2. The molecule has 5 heteroatoms. The molecule has 0 aliphatic heterocycles. The van der Waals surface area contributed by atoms with Gasteiger partial charge in [-0.1, -0.05) is 13.8 Å². The first kappa shape index (κ1) is 15.5. The van der Waals surface area contributed by atoms with Crippen LogP contribution in [0, 0.1) is 11.7 Å². The number of fused-ring (bicyclic) bond motifs is 1. The van der Waals surface area contributed by atoms with Crippen LogP contribution in [-0.4, -0.2) is 28.6 Å². The summed E-state index contributed by atoms with van der Waals surface area (Å²) in [7, 11) is 0. The van der Waals surface area contributed by atoms with Crippen LogP contribution in [0.1, 0.15) is 25.8 Å². The maximum Gasteiger partial charge on any atom is 0.224 e. The van der Waals surface area contributed by atoms with Gasteiger partial charge in [-0.15, -0.1) is 0 Å². The van der Waals surface area contributed by atoms with E-state index in [1.807, 2.05) is 13.8 Å². The van der Waals surface area contributed by atoms with Gasteiger partial charge in [0.15, 0.2) is 0 Å². The first-order valence-electron chi connectivity index (χ1n) is 7.16. The van der Waals surface area contributed by atoms with E-state index in [4.69, 9.17) is 0 Å². The second kappa shape index (κ2) is 6.72. The summed E-state index contributed by atoms with van der Waals surface area (Å²) in [6.45, 7) is 4.28. The molecular weight excluding hydrogens is 271 g/mol. The van der Waals surface area contributed by atoms with Gasteiger partial charge in [-0.3, -0.25) is 4.79 Å². The van der Waals surface area contributed by atoms with Crippen LogP contribution in [0.15, 0.2) is 24.4 Å². The first-order chi connectivity index (χ1) is 9.95. The van der Waals surface area contributed by atoms with Crippen molar-refractivity contribution in [2.45, 2.75) is 32.8 Å². The Kier molecular flexibility index (Phi) is 4.96. The fourth-order valence-corrected chi connectivity index (χ4v) is 2.39. The predicted octanol–water partition coefficient (Wildman–Crippen LogP) is 2.37. The summed E-state index contributed by atoms with van der Waals surface area (Å²) in [4.78, 5) is 14.9. The molecule has 0 spiro atoms. The lowest BCUT2D eigenvalue weighted by atomic mass is 10.1.